The fourth-order valence-corrected chi connectivity index (χ4v) is 0.405. The van der Waals surface area contributed by atoms with Gasteiger partial charge in [0.05, 0.1) is 0 Å². The Balaban J connectivity index is 2.47. The van der Waals surface area contributed by atoms with Crippen molar-refractivity contribution < 1.29 is 4.94 Å². The summed E-state index contributed by atoms with van der Waals surface area (Å²) in [5.41, 5.74) is 0. The molecule has 1 aliphatic heterocycles. The van der Waals surface area contributed by atoms with Crippen LogP contribution in [0.2, 0.25) is 0 Å². The number of hydrogen-bond donors (Lipinski definition) is 0. The Hall–Kier alpha value is -1.03. The van der Waals surface area contributed by atoms with Gasteiger partial charge in [0.15, 0.2) is 5.82 Å². The van der Waals surface area contributed by atoms with Crippen molar-refractivity contribution in [1.82, 2.24) is 10.2 Å². The average molecular weight is 113 g/mol. The fourth-order valence-electron chi connectivity index (χ4n) is 0.405. The van der Waals surface area contributed by atoms with E-state index in [4.69, 9.17) is 4.94 Å². The number of nitrogens with zero attached hydrogens (tertiary/aromatic N) is 3. The van der Waals surface area contributed by atoms with Gasteiger partial charge < -0.3 is 0 Å². The van der Waals surface area contributed by atoms with Crippen LogP contribution in [0.4, 0.5) is 0 Å². The largest absolute Gasteiger partial charge is 0.210 e. The highest BCUT2D eigenvalue weighted by atomic mass is 16.9. The van der Waals surface area contributed by atoms with Crippen LogP contribution in [0.5, 0.6) is 0 Å². The standard InChI is InChI=1S/C4H7N3O/c1-4-6(3)8-7(4)5-2/h1-2H2,3H3. The van der Waals surface area contributed by atoms with Crippen molar-refractivity contribution in [3.8, 4) is 0 Å². The Labute approximate surface area is 47.5 Å². The van der Waals surface area contributed by atoms with E-state index in [9.17, 15) is 0 Å². The van der Waals surface area contributed by atoms with Crippen LogP contribution in [0.1, 0.15) is 0 Å². The molecule has 0 bridgehead atoms. The van der Waals surface area contributed by atoms with Gasteiger partial charge in [-0.1, -0.05) is 11.8 Å². The van der Waals surface area contributed by atoms with E-state index in [1.54, 1.807) is 7.05 Å². The van der Waals surface area contributed by atoms with Crippen molar-refractivity contribution in [2.75, 3.05) is 7.05 Å². The summed E-state index contributed by atoms with van der Waals surface area (Å²) >= 11 is 0. The minimum absolute atomic E-state index is 0.694. The number of hydrazone groups is 1. The van der Waals surface area contributed by atoms with Gasteiger partial charge in [0.2, 0.25) is 0 Å². The van der Waals surface area contributed by atoms with Crippen LogP contribution in [-0.2, 0) is 4.94 Å². The highest BCUT2D eigenvalue weighted by Crippen LogP contribution is 2.19. The third kappa shape index (κ3) is 0.466. The SMILES string of the molecule is C=NN1ON(C)C1=C. The molecule has 0 N–H and O–H groups in total. The number of rotatable bonds is 1. The first-order valence-electron chi connectivity index (χ1n) is 2.13. The van der Waals surface area contributed by atoms with Crippen LogP contribution >= 0.6 is 0 Å². The van der Waals surface area contributed by atoms with E-state index in [0.29, 0.717) is 5.82 Å². The van der Waals surface area contributed by atoms with Gasteiger partial charge in [-0.3, -0.25) is 0 Å². The summed E-state index contributed by atoms with van der Waals surface area (Å²) in [5.74, 6) is 0.694. The van der Waals surface area contributed by atoms with Crippen LogP contribution in [0.15, 0.2) is 17.5 Å². The van der Waals surface area contributed by atoms with Crippen molar-refractivity contribution in [2.45, 2.75) is 0 Å². The first-order valence-corrected chi connectivity index (χ1v) is 2.13. The zero-order valence-electron chi connectivity index (χ0n) is 4.66. The summed E-state index contributed by atoms with van der Waals surface area (Å²) in [6.07, 6.45) is 0. The summed E-state index contributed by atoms with van der Waals surface area (Å²) in [6, 6.07) is 0. The highest BCUT2D eigenvalue weighted by Gasteiger charge is 2.24. The Morgan fingerprint density at radius 3 is 2.50 bits per heavy atom. The van der Waals surface area contributed by atoms with E-state index < -0.39 is 0 Å². The molecule has 1 rings (SSSR count). The third-order valence-corrected chi connectivity index (χ3v) is 0.913. The smallest absolute Gasteiger partial charge is 0.176 e. The molecule has 1 heterocycles. The van der Waals surface area contributed by atoms with Crippen LogP contribution in [0, 0.1) is 0 Å². The zero-order chi connectivity index (χ0) is 6.15. The first kappa shape index (κ1) is 5.11. The van der Waals surface area contributed by atoms with Crippen molar-refractivity contribution in [3.05, 3.63) is 12.4 Å². The lowest BCUT2D eigenvalue weighted by atomic mass is 10.7. The average Bonchev–Trinajstić information content (AvgIpc) is 1.81. The minimum atomic E-state index is 0.694. The fraction of sp³-hybridized carbons (Fsp3) is 0.250. The topological polar surface area (TPSA) is 28.1 Å². The molecule has 0 unspecified atom stereocenters. The third-order valence-electron chi connectivity index (χ3n) is 0.913. The molecule has 4 heteroatoms. The number of hydroxylamine groups is 3. The van der Waals surface area contributed by atoms with Gasteiger partial charge in [0.1, 0.15) is 0 Å². The molecule has 1 aliphatic rings. The van der Waals surface area contributed by atoms with Gasteiger partial charge in [-0.15, -0.1) is 4.94 Å². The van der Waals surface area contributed by atoms with Crippen molar-refractivity contribution in [3.63, 3.8) is 0 Å². The summed E-state index contributed by atoms with van der Waals surface area (Å²) in [4.78, 5) is 4.74. The molecular formula is C4H7N3O. The molecule has 0 spiro atoms. The summed E-state index contributed by atoms with van der Waals surface area (Å²) in [6.45, 7) is 6.82. The molecule has 0 saturated carbocycles. The maximum atomic E-state index is 4.74. The molecule has 0 radical (unpaired) electrons. The quantitative estimate of drug-likeness (QED) is 0.454. The van der Waals surface area contributed by atoms with Crippen molar-refractivity contribution in [2.24, 2.45) is 5.10 Å². The molecule has 1 fully saturated rings. The summed E-state index contributed by atoms with van der Waals surface area (Å²) in [7, 11) is 1.74. The second-order valence-corrected chi connectivity index (χ2v) is 1.41. The van der Waals surface area contributed by atoms with Crippen molar-refractivity contribution in [1.29, 1.82) is 0 Å². The van der Waals surface area contributed by atoms with E-state index in [1.807, 2.05) is 0 Å². The van der Waals surface area contributed by atoms with Gasteiger partial charge in [0.25, 0.3) is 0 Å². The predicted molar refractivity (Wildman–Crippen MR) is 29.4 cm³/mol. The molecule has 4 nitrogen and oxygen atoms in total. The molecule has 0 aromatic rings. The molecule has 0 amide bonds. The maximum Gasteiger partial charge on any atom is 0.176 e. The lowest BCUT2D eigenvalue weighted by molar-refractivity contribution is -0.389. The second-order valence-electron chi connectivity index (χ2n) is 1.41. The molecule has 44 valence electrons. The van der Waals surface area contributed by atoms with Gasteiger partial charge in [-0.2, -0.15) is 5.10 Å². The Kier molecular flexibility index (Phi) is 0.948. The van der Waals surface area contributed by atoms with E-state index >= 15 is 0 Å². The Bertz CT molecular complexity index is 133. The first-order chi connectivity index (χ1) is 3.75. The highest BCUT2D eigenvalue weighted by molar-refractivity contribution is 5.23. The molecule has 0 aliphatic carbocycles. The Morgan fingerprint density at radius 2 is 2.38 bits per heavy atom. The molecular weight excluding hydrogens is 106 g/mol. The minimum Gasteiger partial charge on any atom is -0.210 e. The second kappa shape index (κ2) is 1.48. The molecule has 0 aromatic heterocycles. The van der Waals surface area contributed by atoms with E-state index in [2.05, 4.69) is 18.4 Å². The normalized spacial score (nSPS) is 18.4. The van der Waals surface area contributed by atoms with Gasteiger partial charge in [-0.25, -0.2) is 5.06 Å². The van der Waals surface area contributed by atoms with E-state index in [0.717, 1.165) is 0 Å². The summed E-state index contributed by atoms with van der Waals surface area (Å²) < 4.78 is 0. The van der Waals surface area contributed by atoms with Crippen LogP contribution < -0.4 is 0 Å². The summed E-state index contributed by atoms with van der Waals surface area (Å²) in [5, 5.41) is 6.18. The Morgan fingerprint density at radius 1 is 1.75 bits per heavy atom. The molecule has 0 atom stereocenters. The predicted octanol–water partition coefficient (Wildman–Crippen LogP) is 0.167. The maximum absolute atomic E-state index is 4.74. The van der Waals surface area contributed by atoms with Crippen LogP contribution in [0.3, 0.4) is 0 Å². The monoisotopic (exact) mass is 113 g/mol. The van der Waals surface area contributed by atoms with Crippen LogP contribution in [-0.4, -0.2) is 24.0 Å². The van der Waals surface area contributed by atoms with Gasteiger partial charge >= 0.3 is 0 Å². The van der Waals surface area contributed by atoms with E-state index in [-0.39, 0.29) is 0 Å². The zero-order valence-corrected chi connectivity index (χ0v) is 4.66. The van der Waals surface area contributed by atoms with Crippen LogP contribution in [0.25, 0.3) is 0 Å². The lowest BCUT2D eigenvalue weighted by Crippen LogP contribution is -2.43. The van der Waals surface area contributed by atoms with Gasteiger partial charge in [-0.05, 0) is 0 Å². The number of hydrogen-bond acceptors (Lipinski definition) is 4. The lowest BCUT2D eigenvalue weighted by Gasteiger charge is -2.36. The van der Waals surface area contributed by atoms with Gasteiger partial charge in [0, 0.05) is 13.8 Å². The van der Waals surface area contributed by atoms with E-state index in [1.165, 1.54) is 10.2 Å². The molecule has 0 aromatic carbocycles. The van der Waals surface area contributed by atoms with Crippen molar-refractivity contribution >= 4 is 6.72 Å². The molecule has 8 heavy (non-hydrogen) atoms. The molecule has 1 saturated heterocycles.